The van der Waals surface area contributed by atoms with Crippen LogP contribution in [0.5, 0.6) is 0 Å². The van der Waals surface area contributed by atoms with Crippen molar-refractivity contribution in [3.05, 3.63) is 17.0 Å². The Kier molecular flexibility index (Phi) is 9.54. The highest BCUT2D eigenvalue weighted by Crippen LogP contribution is 2.29. The molecule has 1 unspecified atom stereocenters. The molecule has 1 aliphatic rings. The van der Waals surface area contributed by atoms with Gasteiger partial charge in [-0.2, -0.15) is 4.31 Å². The molecule has 1 fully saturated rings. The van der Waals surface area contributed by atoms with E-state index >= 15 is 0 Å². The fraction of sp³-hybridized carbons (Fsp3) is 0.706. The molecule has 1 aromatic rings. The van der Waals surface area contributed by atoms with E-state index in [0.29, 0.717) is 48.5 Å². The highest BCUT2D eigenvalue weighted by atomic mass is 35.5. The first kappa shape index (κ1) is 23.4. The maximum absolute atomic E-state index is 12.7. The van der Waals surface area contributed by atoms with Crippen molar-refractivity contribution in [1.82, 2.24) is 14.9 Å². The van der Waals surface area contributed by atoms with Gasteiger partial charge in [0.1, 0.15) is 4.21 Å². The number of amides is 1. The van der Waals surface area contributed by atoms with E-state index in [4.69, 9.17) is 0 Å². The highest BCUT2D eigenvalue weighted by molar-refractivity contribution is 7.91. The molecule has 150 valence electrons. The Labute approximate surface area is 167 Å². The third kappa shape index (κ3) is 6.49. The maximum Gasteiger partial charge on any atom is 0.252 e. The molecule has 0 saturated carbocycles. The van der Waals surface area contributed by atoms with Gasteiger partial charge in [0.2, 0.25) is 5.91 Å². The number of halogens is 1. The van der Waals surface area contributed by atoms with Crippen LogP contribution in [0.25, 0.3) is 0 Å². The summed E-state index contributed by atoms with van der Waals surface area (Å²) < 4.78 is 27.5. The molecule has 0 aliphatic carbocycles. The fourth-order valence-electron chi connectivity index (χ4n) is 3.00. The van der Waals surface area contributed by atoms with E-state index in [0.717, 1.165) is 17.8 Å². The van der Waals surface area contributed by atoms with Crippen LogP contribution >= 0.6 is 23.7 Å². The average Bonchev–Trinajstić information content (AvgIpc) is 3.16. The zero-order chi connectivity index (χ0) is 18.4. The predicted molar refractivity (Wildman–Crippen MR) is 109 cm³/mol. The van der Waals surface area contributed by atoms with Gasteiger partial charge in [-0.15, -0.1) is 23.7 Å². The summed E-state index contributed by atoms with van der Waals surface area (Å²) in [5.41, 5.74) is 0. The molecule has 0 spiro atoms. The number of carbonyl (C=O) groups excluding carboxylic acids is 1. The number of carbonyl (C=O) groups is 1. The third-order valence-corrected chi connectivity index (χ3v) is 7.74. The van der Waals surface area contributed by atoms with Gasteiger partial charge in [-0.25, -0.2) is 8.42 Å². The second-order valence-electron chi connectivity index (χ2n) is 6.99. The average molecular weight is 424 g/mol. The van der Waals surface area contributed by atoms with Crippen LogP contribution < -0.4 is 10.6 Å². The Bertz CT molecular complexity index is 677. The summed E-state index contributed by atoms with van der Waals surface area (Å²) in [5, 5.41) is 6.00. The van der Waals surface area contributed by atoms with Gasteiger partial charge in [-0.1, -0.05) is 13.8 Å². The lowest BCUT2D eigenvalue weighted by Gasteiger charge is -2.15. The lowest BCUT2D eigenvalue weighted by Crippen LogP contribution is -2.30. The summed E-state index contributed by atoms with van der Waals surface area (Å²) in [7, 11) is -1.50. The molecule has 26 heavy (non-hydrogen) atoms. The molecule has 1 aliphatic heterocycles. The molecule has 0 aromatic carbocycles. The number of sulfonamides is 1. The quantitative estimate of drug-likeness (QED) is 0.637. The first-order valence-electron chi connectivity index (χ1n) is 8.83. The molecule has 1 atom stereocenters. The van der Waals surface area contributed by atoms with Crippen LogP contribution in [0.3, 0.4) is 0 Å². The summed E-state index contributed by atoms with van der Waals surface area (Å²) in [4.78, 5) is 12.6. The normalized spacial score (nSPS) is 18.1. The Morgan fingerprint density at radius 2 is 2.12 bits per heavy atom. The van der Waals surface area contributed by atoms with Gasteiger partial charge in [0, 0.05) is 30.9 Å². The van der Waals surface area contributed by atoms with Crippen molar-refractivity contribution in [1.29, 1.82) is 0 Å². The van der Waals surface area contributed by atoms with Gasteiger partial charge < -0.3 is 10.6 Å². The van der Waals surface area contributed by atoms with Gasteiger partial charge in [-0.3, -0.25) is 4.79 Å². The van der Waals surface area contributed by atoms with E-state index < -0.39 is 10.0 Å². The van der Waals surface area contributed by atoms with E-state index in [2.05, 4.69) is 10.6 Å². The maximum atomic E-state index is 12.7. The molecular formula is C17H30ClN3O3S2. The Morgan fingerprint density at radius 3 is 2.77 bits per heavy atom. The smallest absolute Gasteiger partial charge is 0.252 e. The van der Waals surface area contributed by atoms with Crippen LogP contribution in [0.1, 0.15) is 31.6 Å². The summed E-state index contributed by atoms with van der Waals surface area (Å²) in [5.74, 6) is 0.771. The van der Waals surface area contributed by atoms with Gasteiger partial charge in [0.25, 0.3) is 10.0 Å². The monoisotopic (exact) mass is 423 g/mol. The molecule has 1 amide bonds. The highest BCUT2D eigenvalue weighted by Gasteiger charge is 2.33. The zero-order valence-corrected chi connectivity index (χ0v) is 18.1. The molecule has 0 radical (unpaired) electrons. The van der Waals surface area contributed by atoms with Crippen molar-refractivity contribution < 1.29 is 13.2 Å². The SMILES string of the molecule is CNCC1CCN(S(=O)(=O)c2ccc(CCNC(=O)CC(C)C)s2)C1.Cl. The lowest BCUT2D eigenvalue weighted by molar-refractivity contribution is -0.121. The molecule has 2 heterocycles. The number of rotatable bonds is 9. The van der Waals surface area contributed by atoms with Crippen molar-refractivity contribution in [2.75, 3.05) is 33.2 Å². The first-order valence-corrected chi connectivity index (χ1v) is 11.1. The first-order chi connectivity index (χ1) is 11.8. The van der Waals surface area contributed by atoms with E-state index in [1.807, 2.05) is 27.0 Å². The van der Waals surface area contributed by atoms with Crippen LogP contribution in [-0.4, -0.2) is 51.9 Å². The summed E-state index contributed by atoms with van der Waals surface area (Å²) >= 11 is 1.31. The Morgan fingerprint density at radius 1 is 1.38 bits per heavy atom. The zero-order valence-electron chi connectivity index (χ0n) is 15.7. The second kappa shape index (κ2) is 10.6. The topological polar surface area (TPSA) is 78.5 Å². The molecule has 2 rings (SSSR count). The fourth-order valence-corrected chi connectivity index (χ4v) is 6.04. The van der Waals surface area contributed by atoms with Crippen LogP contribution in [0.4, 0.5) is 0 Å². The minimum Gasteiger partial charge on any atom is -0.356 e. The predicted octanol–water partition coefficient (Wildman–Crippen LogP) is 2.10. The molecular weight excluding hydrogens is 394 g/mol. The van der Waals surface area contributed by atoms with E-state index in [1.165, 1.54) is 11.3 Å². The van der Waals surface area contributed by atoms with E-state index in [9.17, 15) is 13.2 Å². The van der Waals surface area contributed by atoms with Crippen LogP contribution in [0, 0.1) is 11.8 Å². The van der Waals surface area contributed by atoms with Crippen LogP contribution in [-0.2, 0) is 21.2 Å². The molecule has 1 aromatic heterocycles. The minimum absolute atomic E-state index is 0. The lowest BCUT2D eigenvalue weighted by atomic mass is 10.1. The van der Waals surface area contributed by atoms with Crippen molar-refractivity contribution in [2.24, 2.45) is 11.8 Å². The van der Waals surface area contributed by atoms with Crippen molar-refractivity contribution in [2.45, 2.75) is 37.3 Å². The largest absolute Gasteiger partial charge is 0.356 e. The number of nitrogens with one attached hydrogen (secondary N) is 2. The number of hydrogen-bond acceptors (Lipinski definition) is 5. The third-order valence-electron chi connectivity index (χ3n) is 4.26. The van der Waals surface area contributed by atoms with Gasteiger partial charge >= 0.3 is 0 Å². The molecule has 0 bridgehead atoms. The van der Waals surface area contributed by atoms with Crippen LogP contribution in [0.2, 0.25) is 0 Å². The Hall–Kier alpha value is -0.670. The summed E-state index contributed by atoms with van der Waals surface area (Å²) in [6.45, 7) is 6.58. The van der Waals surface area contributed by atoms with Crippen LogP contribution in [0.15, 0.2) is 16.3 Å². The standard InChI is InChI=1S/C17H29N3O3S2.ClH/c1-13(2)10-16(21)19-8-6-15-4-5-17(24-15)25(22,23)20-9-7-14(12-20)11-18-3;/h4-5,13-14,18H,6-12H2,1-3H3,(H,19,21);1H. The van der Waals surface area contributed by atoms with Crippen molar-refractivity contribution in [3.63, 3.8) is 0 Å². The second-order valence-corrected chi connectivity index (χ2v) is 10.3. The minimum atomic E-state index is -3.39. The molecule has 1 saturated heterocycles. The van der Waals surface area contributed by atoms with E-state index in [-0.39, 0.29) is 18.3 Å². The molecule has 6 nitrogen and oxygen atoms in total. The number of nitrogens with zero attached hydrogens (tertiary/aromatic N) is 1. The number of hydrogen-bond donors (Lipinski definition) is 2. The summed E-state index contributed by atoms with van der Waals surface area (Å²) in [6, 6.07) is 3.55. The van der Waals surface area contributed by atoms with Gasteiger partial charge in [0.15, 0.2) is 0 Å². The summed E-state index contributed by atoms with van der Waals surface area (Å²) in [6.07, 6.45) is 2.08. The van der Waals surface area contributed by atoms with Crippen molar-refractivity contribution in [3.8, 4) is 0 Å². The molecule has 2 N–H and O–H groups in total. The van der Waals surface area contributed by atoms with Crippen molar-refractivity contribution >= 4 is 39.7 Å². The Balaban J connectivity index is 0.00000338. The molecule has 9 heteroatoms. The number of thiophene rings is 1. The van der Waals surface area contributed by atoms with Gasteiger partial charge in [0.05, 0.1) is 0 Å². The van der Waals surface area contributed by atoms with Gasteiger partial charge in [-0.05, 0) is 50.4 Å². The van der Waals surface area contributed by atoms with E-state index in [1.54, 1.807) is 10.4 Å².